The number of halogens is 4. The van der Waals surface area contributed by atoms with E-state index in [1.165, 1.54) is 36.2 Å². The quantitative estimate of drug-likeness (QED) is 0.570. The van der Waals surface area contributed by atoms with E-state index >= 15 is 0 Å². The fraction of sp³-hybridized carbons (Fsp3) is 0.222. The molecule has 0 radical (unpaired) electrons. The number of hydrogen-bond acceptors (Lipinski definition) is 3. The van der Waals surface area contributed by atoms with Crippen LogP contribution in [0.3, 0.4) is 0 Å². The minimum Gasteiger partial charge on any atom is -0.351 e. The zero-order valence-electron chi connectivity index (χ0n) is 14.4. The molecule has 0 fully saturated rings. The van der Waals surface area contributed by atoms with Crippen molar-refractivity contribution in [2.45, 2.75) is 6.54 Å². The van der Waals surface area contributed by atoms with E-state index < -0.39 is 29.0 Å². The Bertz CT molecular complexity index is 828. The molecular weight excluding hydrogens is 366 g/mol. The van der Waals surface area contributed by atoms with Gasteiger partial charge >= 0.3 is 0 Å². The summed E-state index contributed by atoms with van der Waals surface area (Å²) in [6.07, 6.45) is 0. The Hall–Kier alpha value is -2.94. The van der Waals surface area contributed by atoms with Crippen LogP contribution in [0.5, 0.6) is 0 Å². The highest BCUT2D eigenvalue weighted by molar-refractivity contribution is 5.92. The van der Waals surface area contributed by atoms with E-state index in [0.717, 1.165) is 6.07 Å². The molecule has 144 valence electrons. The summed E-state index contributed by atoms with van der Waals surface area (Å²) in [4.78, 5) is 25.1. The highest BCUT2D eigenvalue weighted by Gasteiger charge is 2.16. The second kappa shape index (κ2) is 9.13. The van der Waals surface area contributed by atoms with Crippen molar-refractivity contribution in [1.29, 1.82) is 0 Å². The highest BCUT2D eigenvalue weighted by Crippen LogP contribution is 2.19. The molecule has 0 spiro atoms. The van der Waals surface area contributed by atoms with Crippen LogP contribution in [0.25, 0.3) is 0 Å². The van der Waals surface area contributed by atoms with Crippen molar-refractivity contribution in [2.75, 3.05) is 25.5 Å². The number of benzene rings is 2. The van der Waals surface area contributed by atoms with Crippen LogP contribution in [0.4, 0.5) is 23.2 Å². The van der Waals surface area contributed by atoms with Gasteiger partial charge in [-0.05, 0) is 36.9 Å². The van der Waals surface area contributed by atoms with Gasteiger partial charge < -0.3 is 10.6 Å². The van der Waals surface area contributed by atoms with Crippen LogP contribution in [-0.4, -0.2) is 36.9 Å². The molecule has 0 saturated carbocycles. The van der Waals surface area contributed by atoms with Gasteiger partial charge in [-0.2, -0.15) is 0 Å². The fourth-order valence-electron chi connectivity index (χ4n) is 2.22. The summed E-state index contributed by atoms with van der Waals surface area (Å²) in [6, 6.07) is 7.21. The van der Waals surface area contributed by atoms with Crippen LogP contribution in [0.1, 0.15) is 5.56 Å². The molecule has 0 aromatic heterocycles. The molecule has 0 aliphatic heterocycles. The zero-order chi connectivity index (χ0) is 20.0. The molecule has 27 heavy (non-hydrogen) atoms. The number of hydrogen-bond donors (Lipinski definition) is 2. The molecule has 0 bridgehead atoms. The molecule has 2 N–H and O–H groups in total. The van der Waals surface area contributed by atoms with Crippen molar-refractivity contribution >= 4 is 17.5 Å². The van der Waals surface area contributed by atoms with E-state index in [9.17, 15) is 27.2 Å². The molecule has 2 aromatic carbocycles. The van der Waals surface area contributed by atoms with Crippen molar-refractivity contribution in [1.82, 2.24) is 10.2 Å². The average molecular weight is 383 g/mol. The van der Waals surface area contributed by atoms with E-state index in [4.69, 9.17) is 0 Å². The third-order valence-electron chi connectivity index (χ3n) is 3.54. The molecule has 2 aromatic rings. The molecule has 0 heterocycles. The van der Waals surface area contributed by atoms with E-state index in [0.29, 0.717) is 11.6 Å². The van der Waals surface area contributed by atoms with Crippen LogP contribution in [0, 0.1) is 23.3 Å². The molecule has 0 aliphatic carbocycles. The minimum absolute atomic E-state index is 0.130. The summed E-state index contributed by atoms with van der Waals surface area (Å²) in [6.45, 7) is -0.212. The molecule has 5 nitrogen and oxygen atoms in total. The van der Waals surface area contributed by atoms with Crippen molar-refractivity contribution in [3.63, 3.8) is 0 Å². The number of anilines is 1. The van der Waals surface area contributed by atoms with E-state index in [1.807, 2.05) is 0 Å². The van der Waals surface area contributed by atoms with Gasteiger partial charge in [0.05, 0.1) is 18.8 Å². The Balaban J connectivity index is 1.79. The summed E-state index contributed by atoms with van der Waals surface area (Å²) < 4.78 is 52.3. The normalized spacial score (nSPS) is 10.7. The maximum atomic E-state index is 13.5. The fourth-order valence-corrected chi connectivity index (χ4v) is 2.22. The summed E-state index contributed by atoms with van der Waals surface area (Å²) in [5, 5.41) is 4.73. The highest BCUT2D eigenvalue weighted by atomic mass is 19.2. The monoisotopic (exact) mass is 383 g/mol. The van der Waals surface area contributed by atoms with Crippen LogP contribution in [-0.2, 0) is 16.1 Å². The van der Waals surface area contributed by atoms with Gasteiger partial charge in [-0.15, -0.1) is 0 Å². The van der Waals surface area contributed by atoms with Gasteiger partial charge in [-0.25, -0.2) is 17.6 Å². The predicted octanol–water partition coefficient (Wildman–Crippen LogP) is 2.43. The maximum Gasteiger partial charge on any atom is 0.238 e. The summed E-state index contributed by atoms with van der Waals surface area (Å²) in [7, 11) is 1.48. The Morgan fingerprint density at radius 3 is 2.19 bits per heavy atom. The van der Waals surface area contributed by atoms with Gasteiger partial charge in [0, 0.05) is 6.54 Å². The van der Waals surface area contributed by atoms with Crippen LogP contribution in [0.15, 0.2) is 36.4 Å². The smallest absolute Gasteiger partial charge is 0.238 e. The molecule has 0 aliphatic rings. The molecule has 0 saturated heterocycles. The Kier molecular flexibility index (Phi) is 6.89. The predicted molar refractivity (Wildman–Crippen MR) is 90.7 cm³/mol. The summed E-state index contributed by atoms with van der Waals surface area (Å²) >= 11 is 0. The largest absolute Gasteiger partial charge is 0.351 e. The third kappa shape index (κ3) is 6.07. The maximum absolute atomic E-state index is 13.5. The van der Waals surface area contributed by atoms with E-state index in [1.54, 1.807) is 0 Å². The number of likely N-dealkylation sites (N-methyl/N-ethyl adjacent to an activating group) is 1. The topological polar surface area (TPSA) is 61.4 Å². The summed E-state index contributed by atoms with van der Waals surface area (Å²) in [5.41, 5.74) is 0.215. The molecular formula is C18H17F4N3O2. The first-order chi connectivity index (χ1) is 12.8. The standard InChI is InChI=1S/C18H17F4N3O2/c1-25(9-15(26)23-8-11-2-4-12(19)5-3-11)10-16(27)24-14-7-6-13(20)17(21)18(14)22/h2-7H,8-10H2,1H3,(H,23,26)(H,24,27). The first-order valence-electron chi connectivity index (χ1n) is 7.89. The van der Waals surface area contributed by atoms with E-state index in [-0.39, 0.29) is 31.4 Å². The number of nitrogens with zero attached hydrogens (tertiary/aromatic N) is 1. The van der Waals surface area contributed by atoms with Gasteiger partial charge in [0.2, 0.25) is 11.8 Å². The van der Waals surface area contributed by atoms with Gasteiger partial charge in [-0.3, -0.25) is 14.5 Å². The molecule has 2 amide bonds. The number of rotatable bonds is 7. The first-order valence-corrected chi connectivity index (χ1v) is 7.89. The van der Waals surface area contributed by atoms with Crippen molar-refractivity contribution < 1.29 is 27.2 Å². The van der Waals surface area contributed by atoms with Gasteiger partial charge in [-0.1, -0.05) is 12.1 Å². The Morgan fingerprint density at radius 2 is 1.52 bits per heavy atom. The van der Waals surface area contributed by atoms with Crippen LogP contribution in [0.2, 0.25) is 0 Å². The van der Waals surface area contributed by atoms with Crippen molar-refractivity contribution in [2.24, 2.45) is 0 Å². The summed E-state index contributed by atoms with van der Waals surface area (Å²) in [5.74, 6) is -6.00. The van der Waals surface area contributed by atoms with Crippen molar-refractivity contribution in [3.8, 4) is 0 Å². The van der Waals surface area contributed by atoms with Crippen molar-refractivity contribution in [3.05, 3.63) is 65.2 Å². The van der Waals surface area contributed by atoms with E-state index in [2.05, 4.69) is 10.6 Å². The number of amides is 2. The minimum atomic E-state index is -1.68. The van der Waals surface area contributed by atoms with Crippen LogP contribution < -0.4 is 10.6 Å². The number of carbonyl (C=O) groups is 2. The lowest BCUT2D eigenvalue weighted by Gasteiger charge is -2.16. The Labute approximate surface area is 153 Å². The second-order valence-electron chi connectivity index (χ2n) is 5.85. The number of nitrogens with one attached hydrogen (secondary N) is 2. The molecule has 9 heteroatoms. The average Bonchev–Trinajstić information content (AvgIpc) is 2.61. The Morgan fingerprint density at radius 1 is 0.889 bits per heavy atom. The second-order valence-corrected chi connectivity index (χ2v) is 5.85. The zero-order valence-corrected chi connectivity index (χ0v) is 14.4. The first kappa shape index (κ1) is 20.4. The SMILES string of the molecule is CN(CC(=O)NCc1ccc(F)cc1)CC(=O)Nc1ccc(F)c(F)c1F. The van der Waals surface area contributed by atoms with Gasteiger partial charge in [0.1, 0.15) is 5.82 Å². The molecule has 0 atom stereocenters. The lowest BCUT2D eigenvalue weighted by atomic mass is 10.2. The lowest BCUT2D eigenvalue weighted by Crippen LogP contribution is -2.38. The van der Waals surface area contributed by atoms with Gasteiger partial charge in [0.25, 0.3) is 0 Å². The van der Waals surface area contributed by atoms with Crippen LogP contribution >= 0.6 is 0 Å². The van der Waals surface area contributed by atoms with Gasteiger partial charge in [0.15, 0.2) is 17.5 Å². The lowest BCUT2D eigenvalue weighted by molar-refractivity contribution is -0.123. The number of carbonyl (C=O) groups excluding carboxylic acids is 2. The molecule has 0 unspecified atom stereocenters. The third-order valence-corrected chi connectivity index (χ3v) is 3.54. The molecule has 2 rings (SSSR count).